The Morgan fingerprint density at radius 2 is 2.23 bits per heavy atom. The number of hydrazine groups is 1. The van der Waals surface area contributed by atoms with Gasteiger partial charge in [-0.25, -0.2) is 0 Å². The van der Waals surface area contributed by atoms with Crippen molar-refractivity contribution < 1.29 is 4.79 Å². The van der Waals surface area contributed by atoms with Gasteiger partial charge in [-0.3, -0.25) is 20.6 Å². The molecule has 0 radical (unpaired) electrons. The zero-order valence-corrected chi connectivity index (χ0v) is 8.00. The SMILES string of the molecule is CC(C)C1N=C(CCN)NNC1=O. The molecule has 0 saturated carbocycles. The maximum atomic E-state index is 11.3. The summed E-state index contributed by atoms with van der Waals surface area (Å²) >= 11 is 0. The number of hydrogen-bond acceptors (Lipinski definition) is 4. The average molecular weight is 184 g/mol. The van der Waals surface area contributed by atoms with Crippen molar-refractivity contribution in [1.82, 2.24) is 10.9 Å². The summed E-state index contributed by atoms with van der Waals surface area (Å²) in [4.78, 5) is 15.5. The third-order valence-corrected chi connectivity index (χ3v) is 1.91. The van der Waals surface area contributed by atoms with E-state index in [2.05, 4.69) is 15.8 Å². The van der Waals surface area contributed by atoms with Gasteiger partial charge in [-0.2, -0.15) is 0 Å². The second-order valence-electron chi connectivity index (χ2n) is 3.42. The molecule has 0 fully saturated rings. The Morgan fingerprint density at radius 3 is 2.77 bits per heavy atom. The highest BCUT2D eigenvalue weighted by molar-refractivity contribution is 5.93. The topological polar surface area (TPSA) is 79.5 Å². The van der Waals surface area contributed by atoms with Gasteiger partial charge in [-0.15, -0.1) is 0 Å². The molecule has 0 aromatic heterocycles. The standard InChI is InChI=1S/C8H16N4O/c1-5(2)7-8(13)12-11-6(10-7)3-4-9/h5,7H,3-4,9H2,1-2H3,(H,10,11)(H,12,13). The molecule has 5 nitrogen and oxygen atoms in total. The Balaban J connectivity index is 2.69. The van der Waals surface area contributed by atoms with Crippen LogP contribution in [0.4, 0.5) is 0 Å². The first-order chi connectivity index (χ1) is 6.15. The molecule has 0 aromatic carbocycles. The first kappa shape index (κ1) is 9.98. The van der Waals surface area contributed by atoms with Crippen molar-refractivity contribution in [2.45, 2.75) is 26.3 Å². The first-order valence-electron chi connectivity index (χ1n) is 4.47. The third kappa shape index (κ3) is 2.42. The van der Waals surface area contributed by atoms with Crippen LogP contribution >= 0.6 is 0 Å². The third-order valence-electron chi connectivity index (χ3n) is 1.91. The number of rotatable bonds is 3. The fourth-order valence-corrected chi connectivity index (χ4v) is 1.18. The van der Waals surface area contributed by atoms with Gasteiger partial charge in [0.25, 0.3) is 5.91 Å². The lowest BCUT2D eigenvalue weighted by molar-refractivity contribution is -0.124. The number of nitrogens with zero attached hydrogens (tertiary/aromatic N) is 1. The molecule has 1 unspecified atom stereocenters. The molecule has 0 bridgehead atoms. The summed E-state index contributed by atoms with van der Waals surface area (Å²) in [6.45, 7) is 4.48. The average Bonchev–Trinajstić information content (AvgIpc) is 2.08. The minimum Gasteiger partial charge on any atom is -0.330 e. The summed E-state index contributed by atoms with van der Waals surface area (Å²) in [5.74, 6) is 0.909. The van der Waals surface area contributed by atoms with E-state index in [9.17, 15) is 4.79 Å². The van der Waals surface area contributed by atoms with Crippen LogP contribution in [0.2, 0.25) is 0 Å². The van der Waals surface area contributed by atoms with E-state index in [4.69, 9.17) is 5.73 Å². The Hall–Kier alpha value is -1.10. The minimum atomic E-state index is -0.275. The second kappa shape index (κ2) is 4.23. The van der Waals surface area contributed by atoms with Crippen LogP contribution < -0.4 is 16.6 Å². The summed E-state index contributed by atoms with van der Waals surface area (Å²) in [7, 11) is 0. The maximum Gasteiger partial charge on any atom is 0.263 e. The molecule has 1 atom stereocenters. The molecule has 1 amide bonds. The van der Waals surface area contributed by atoms with Gasteiger partial charge in [0.2, 0.25) is 0 Å². The zero-order valence-electron chi connectivity index (χ0n) is 8.00. The largest absolute Gasteiger partial charge is 0.330 e. The fourth-order valence-electron chi connectivity index (χ4n) is 1.18. The number of amidine groups is 1. The van der Waals surface area contributed by atoms with Gasteiger partial charge in [0, 0.05) is 6.42 Å². The lowest BCUT2D eigenvalue weighted by Crippen LogP contribution is -2.52. The molecule has 4 N–H and O–H groups in total. The van der Waals surface area contributed by atoms with Crippen LogP contribution in [0.5, 0.6) is 0 Å². The Kier molecular flexibility index (Phi) is 3.25. The summed E-state index contributed by atoms with van der Waals surface area (Å²) in [5.41, 5.74) is 10.7. The van der Waals surface area contributed by atoms with Crippen molar-refractivity contribution in [1.29, 1.82) is 0 Å². The number of hydrogen-bond donors (Lipinski definition) is 3. The van der Waals surface area contributed by atoms with Gasteiger partial charge in [0.05, 0.1) is 0 Å². The number of nitrogens with two attached hydrogens (primary N) is 1. The van der Waals surface area contributed by atoms with Crippen LogP contribution in [0.1, 0.15) is 20.3 Å². The molecule has 1 rings (SSSR count). The maximum absolute atomic E-state index is 11.3. The van der Waals surface area contributed by atoms with E-state index in [1.54, 1.807) is 0 Å². The van der Waals surface area contributed by atoms with Crippen LogP contribution in [0.15, 0.2) is 4.99 Å². The number of carbonyl (C=O) groups is 1. The van der Waals surface area contributed by atoms with Crippen molar-refractivity contribution in [2.24, 2.45) is 16.6 Å². The zero-order chi connectivity index (χ0) is 9.84. The quantitative estimate of drug-likeness (QED) is 0.547. The summed E-state index contributed by atoms with van der Waals surface area (Å²) in [6, 6.07) is -0.275. The molecule has 1 aliphatic heterocycles. The van der Waals surface area contributed by atoms with Crippen molar-refractivity contribution in [3.8, 4) is 0 Å². The van der Waals surface area contributed by atoms with Crippen LogP contribution in [0.3, 0.4) is 0 Å². The number of amides is 1. The summed E-state index contributed by atoms with van der Waals surface area (Å²) in [6.07, 6.45) is 0.670. The Bertz CT molecular complexity index is 224. The van der Waals surface area contributed by atoms with E-state index in [1.165, 1.54) is 0 Å². The van der Waals surface area contributed by atoms with Crippen molar-refractivity contribution >= 4 is 11.7 Å². The monoisotopic (exact) mass is 184 g/mol. The molecule has 1 aliphatic rings. The molecule has 13 heavy (non-hydrogen) atoms. The predicted octanol–water partition coefficient (Wildman–Crippen LogP) is -0.607. The van der Waals surface area contributed by atoms with Crippen molar-refractivity contribution in [3.05, 3.63) is 0 Å². The Labute approximate surface area is 77.8 Å². The van der Waals surface area contributed by atoms with Gasteiger partial charge in [-0.05, 0) is 12.5 Å². The number of carbonyl (C=O) groups excluding carboxylic acids is 1. The molecular weight excluding hydrogens is 168 g/mol. The van der Waals surface area contributed by atoms with E-state index in [1.807, 2.05) is 13.8 Å². The van der Waals surface area contributed by atoms with E-state index in [0.29, 0.717) is 13.0 Å². The molecule has 0 aromatic rings. The molecular formula is C8H16N4O. The number of aliphatic imine (C=N–C) groups is 1. The predicted molar refractivity (Wildman–Crippen MR) is 51.0 cm³/mol. The lowest BCUT2D eigenvalue weighted by Gasteiger charge is -2.24. The van der Waals surface area contributed by atoms with E-state index in [-0.39, 0.29) is 17.9 Å². The van der Waals surface area contributed by atoms with Gasteiger partial charge < -0.3 is 5.73 Å². The molecule has 74 valence electrons. The van der Waals surface area contributed by atoms with E-state index >= 15 is 0 Å². The molecule has 0 spiro atoms. The van der Waals surface area contributed by atoms with E-state index in [0.717, 1.165) is 5.84 Å². The van der Waals surface area contributed by atoms with Crippen molar-refractivity contribution in [3.63, 3.8) is 0 Å². The smallest absolute Gasteiger partial charge is 0.263 e. The molecule has 0 saturated heterocycles. The Morgan fingerprint density at radius 1 is 1.54 bits per heavy atom. The molecule has 5 heteroatoms. The van der Waals surface area contributed by atoms with Crippen molar-refractivity contribution in [2.75, 3.05) is 6.54 Å². The normalized spacial score (nSPS) is 22.3. The molecule has 1 heterocycles. The van der Waals surface area contributed by atoms with Crippen LogP contribution in [0, 0.1) is 5.92 Å². The van der Waals surface area contributed by atoms with E-state index < -0.39 is 0 Å². The van der Waals surface area contributed by atoms with Gasteiger partial charge in [0.15, 0.2) is 0 Å². The van der Waals surface area contributed by atoms with Gasteiger partial charge in [0.1, 0.15) is 11.9 Å². The second-order valence-corrected chi connectivity index (χ2v) is 3.42. The summed E-state index contributed by atoms with van der Waals surface area (Å²) < 4.78 is 0. The fraction of sp³-hybridized carbons (Fsp3) is 0.750. The number of nitrogens with one attached hydrogen (secondary N) is 2. The van der Waals surface area contributed by atoms with Gasteiger partial charge in [-0.1, -0.05) is 13.8 Å². The highest BCUT2D eigenvalue weighted by Crippen LogP contribution is 2.09. The minimum absolute atomic E-state index is 0.0734. The first-order valence-corrected chi connectivity index (χ1v) is 4.47. The lowest BCUT2D eigenvalue weighted by atomic mass is 10.0. The molecule has 0 aliphatic carbocycles. The van der Waals surface area contributed by atoms with Crippen LogP contribution in [-0.4, -0.2) is 24.3 Å². The van der Waals surface area contributed by atoms with Gasteiger partial charge >= 0.3 is 0 Å². The summed E-state index contributed by atoms with van der Waals surface area (Å²) in [5, 5.41) is 0. The van der Waals surface area contributed by atoms with Crippen LogP contribution in [-0.2, 0) is 4.79 Å². The van der Waals surface area contributed by atoms with Crippen LogP contribution in [0.25, 0.3) is 0 Å². The highest BCUT2D eigenvalue weighted by Gasteiger charge is 2.25. The highest BCUT2D eigenvalue weighted by atomic mass is 16.2.